The van der Waals surface area contributed by atoms with Gasteiger partial charge in [-0.15, -0.1) is 0 Å². The Hall–Kier alpha value is -3.65. The molecule has 0 aliphatic rings. The van der Waals surface area contributed by atoms with Crippen molar-refractivity contribution < 1.29 is 33.8 Å². The van der Waals surface area contributed by atoms with E-state index in [1.165, 1.54) is 10.8 Å². The van der Waals surface area contributed by atoms with Gasteiger partial charge in [0, 0.05) is 13.0 Å². The van der Waals surface area contributed by atoms with Crippen LogP contribution < -0.4 is 0 Å². The number of ether oxygens (including phenoxy) is 1. The monoisotopic (exact) mass is 469 g/mol. The highest BCUT2D eigenvalue weighted by atomic mass is 16.5. The first-order chi connectivity index (χ1) is 16.3. The van der Waals surface area contributed by atoms with Crippen LogP contribution in [0.4, 0.5) is 0 Å². The number of carboxylic acids is 2. The Morgan fingerprint density at radius 3 is 2.21 bits per heavy atom. The standard InChI is InChI=1S/C24H29NO3.C2H2O4/c1-3-25(4-2)14-16-28-24(26)21(18-22-12-8-15-27-22)17-20-11-7-10-19-9-5-6-13-23(19)20;3-1(4)2(5)6/h5-13,15,21H,3-4,14,16-18H2,1-2H3;(H,3,4)(H,5,6). The van der Waals surface area contributed by atoms with Gasteiger partial charge in [0.15, 0.2) is 0 Å². The maximum absolute atomic E-state index is 12.9. The van der Waals surface area contributed by atoms with Crippen molar-refractivity contribution in [2.24, 2.45) is 5.92 Å². The van der Waals surface area contributed by atoms with Crippen molar-refractivity contribution >= 4 is 28.7 Å². The smallest absolute Gasteiger partial charge is 0.414 e. The summed E-state index contributed by atoms with van der Waals surface area (Å²) < 4.78 is 11.1. The first-order valence-corrected chi connectivity index (χ1v) is 11.2. The number of likely N-dealkylation sites (N-methyl/N-ethyl adjacent to an activating group) is 1. The summed E-state index contributed by atoms with van der Waals surface area (Å²) in [7, 11) is 0. The van der Waals surface area contributed by atoms with E-state index in [4.69, 9.17) is 29.0 Å². The zero-order chi connectivity index (χ0) is 24.9. The fourth-order valence-electron chi connectivity index (χ4n) is 3.58. The number of nitrogens with zero attached hydrogens (tertiary/aromatic N) is 1. The van der Waals surface area contributed by atoms with Crippen molar-refractivity contribution in [3.8, 4) is 0 Å². The molecule has 0 spiro atoms. The zero-order valence-electron chi connectivity index (χ0n) is 19.5. The molecule has 1 heterocycles. The Balaban J connectivity index is 0.000000604. The highest BCUT2D eigenvalue weighted by Crippen LogP contribution is 2.24. The van der Waals surface area contributed by atoms with Crippen LogP contribution in [0.5, 0.6) is 0 Å². The lowest BCUT2D eigenvalue weighted by Gasteiger charge is -2.20. The Kier molecular flexibility index (Phi) is 10.8. The van der Waals surface area contributed by atoms with Crippen LogP contribution in [0.25, 0.3) is 10.8 Å². The number of hydrogen-bond donors (Lipinski definition) is 2. The molecule has 8 heteroatoms. The van der Waals surface area contributed by atoms with Crippen LogP contribution in [-0.4, -0.2) is 59.3 Å². The van der Waals surface area contributed by atoms with Gasteiger partial charge < -0.3 is 24.3 Å². The Morgan fingerprint density at radius 1 is 0.912 bits per heavy atom. The van der Waals surface area contributed by atoms with Gasteiger partial charge in [0.25, 0.3) is 0 Å². The van der Waals surface area contributed by atoms with E-state index in [9.17, 15) is 4.79 Å². The molecule has 0 amide bonds. The normalized spacial score (nSPS) is 11.5. The minimum Gasteiger partial charge on any atom is -0.473 e. The first-order valence-electron chi connectivity index (χ1n) is 11.2. The van der Waals surface area contributed by atoms with Gasteiger partial charge in [-0.05, 0) is 48.0 Å². The molecule has 2 N–H and O–H groups in total. The second-order valence-corrected chi connectivity index (χ2v) is 7.63. The summed E-state index contributed by atoms with van der Waals surface area (Å²) in [6, 6.07) is 18.3. The lowest BCUT2D eigenvalue weighted by atomic mass is 9.92. The van der Waals surface area contributed by atoms with Crippen molar-refractivity contribution in [1.82, 2.24) is 4.90 Å². The highest BCUT2D eigenvalue weighted by Gasteiger charge is 2.23. The largest absolute Gasteiger partial charge is 0.473 e. The lowest BCUT2D eigenvalue weighted by Crippen LogP contribution is -2.30. The minimum absolute atomic E-state index is 0.156. The second-order valence-electron chi connectivity index (χ2n) is 7.63. The number of carbonyl (C=O) groups is 3. The molecule has 0 saturated carbocycles. The van der Waals surface area contributed by atoms with E-state index in [0.717, 1.165) is 31.0 Å². The average molecular weight is 470 g/mol. The number of benzene rings is 2. The van der Waals surface area contributed by atoms with Gasteiger partial charge in [-0.2, -0.15) is 0 Å². The highest BCUT2D eigenvalue weighted by molar-refractivity contribution is 6.27. The molecule has 0 bridgehead atoms. The predicted octanol–water partition coefficient (Wildman–Crippen LogP) is 3.87. The molecule has 1 unspecified atom stereocenters. The van der Waals surface area contributed by atoms with E-state index in [0.29, 0.717) is 19.4 Å². The van der Waals surface area contributed by atoms with Crippen LogP contribution in [0.1, 0.15) is 25.2 Å². The molecule has 1 atom stereocenters. The van der Waals surface area contributed by atoms with Gasteiger partial charge >= 0.3 is 17.9 Å². The molecule has 3 rings (SSSR count). The molecule has 0 aliphatic carbocycles. The molecule has 0 saturated heterocycles. The summed E-state index contributed by atoms with van der Waals surface area (Å²) in [6.07, 6.45) is 2.82. The van der Waals surface area contributed by atoms with Gasteiger partial charge in [-0.3, -0.25) is 4.79 Å². The van der Waals surface area contributed by atoms with Crippen LogP contribution >= 0.6 is 0 Å². The van der Waals surface area contributed by atoms with Crippen LogP contribution in [0.15, 0.2) is 65.3 Å². The molecule has 0 radical (unpaired) electrons. The lowest BCUT2D eigenvalue weighted by molar-refractivity contribution is -0.159. The van der Waals surface area contributed by atoms with E-state index >= 15 is 0 Å². The Labute approximate surface area is 198 Å². The van der Waals surface area contributed by atoms with Gasteiger partial charge in [-0.1, -0.05) is 56.3 Å². The summed E-state index contributed by atoms with van der Waals surface area (Å²) in [5.74, 6) is -3.26. The van der Waals surface area contributed by atoms with Gasteiger partial charge in [-0.25, -0.2) is 9.59 Å². The van der Waals surface area contributed by atoms with Crippen molar-refractivity contribution in [3.63, 3.8) is 0 Å². The number of carbonyl (C=O) groups excluding carboxylic acids is 1. The molecule has 0 aliphatic heterocycles. The molecule has 3 aromatic rings. The molecular weight excluding hydrogens is 438 g/mol. The van der Waals surface area contributed by atoms with Crippen molar-refractivity contribution in [2.75, 3.05) is 26.2 Å². The molecule has 34 heavy (non-hydrogen) atoms. The molecule has 2 aromatic carbocycles. The first kappa shape index (κ1) is 26.6. The molecule has 1 aromatic heterocycles. The van der Waals surface area contributed by atoms with Crippen LogP contribution in [0.3, 0.4) is 0 Å². The number of aliphatic carboxylic acids is 2. The van der Waals surface area contributed by atoms with E-state index in [1.807, 2.05) is 30.3 Å². The number of rotatable bonds is 10. The third-order valence-electron chi connectivity index (χ3n) is 5.44. The van der Waals surface area contributed by atoms with Crippen molar-refractivity contribution in [1.29, 1.82) is 0 Å². The predicted molar refractivity (Wildman–Crippen MR) is 128 cm³/mol. The van der Waals surface area contributed by atoms with Gasteiger partial charge in [0.2, 0.25) is 0 Å². The quantitative estimate of drug-likeness (QED) is 0.339. The van der Waals surface area contributed by atoms with Crippen LogP contribution in [-0.2, 0) is 32.0 Å². The second kappa shape index (κ2) is 13.8. The van der Waals surface area contributed by atoms with Crippen molar-refractivity contribution in [3.05, 3.63) is 72.2 Å². The van der Waals surface area contributed by atoms with E-state index in [-0.39, 0.29) is 11.9 Å². The van der Waals surface area contributed by atoms with Crippen molar-refractivity contribution in [2.45, 2.75) is 26.7 Å². The van der Waals surface area contributed by atoms with E-state index in [2.05, 4.69) is 43.0 Å². The maximum atomic E-state index is 12.9. The van der Waals surface area contributed by atoms with Crippen LogP contribution in [0.2, 0.25) is 0 Å². The average Bonchev–Trinajstić information content (AvgIpc) is 3.35. The third kappa shape index (κ3) is 8.37. The minimum atomic E-state index is -1.82. The van der Waals surface area contributed by atoms with E-state index in [1.54, 1.807) is 6.26 Å². The molecule has 0 fully saturated rings. The molecular formula is C26H31NO7. The number of fused-ring (bicyclic) bond motifs is 1. The Bertz CT molecular complexity index is 1040. The molecule has 182 valence electrons. The molecule has 8 nitrogen and oxygen atoms in total. The summed E-state index contributed by atoms with van der Waals surface area (Å²) >= 11 is 0. The van der Waals surface area contributed by atoms with Gasteiger partial charge in [0.05, 0.1) is 12.2 Å². The van der Waals surface area contributed by atoms with Gasteiger partial charge in [0.1, 0.15) is 12.4 Å². The summed E-state index contributed by atoms with van der Waals surface area (Å²) in [5.41, 5.74) is 1.16. The zero-order valence-corrected chi connectivity index (χ0v) is 19.5. The SMILES string of the molecule is CCN(CC)CCOC(=O)C(Cc1ccco1)Cc1cccc2ccccc12.O=C(O)C(=O)O. The number of esters is 1. The summed E-state index contributed by atoms with van der Waals surface area (Å²) in [6.45, 7) is 7.34. The maximum Gasteiger partial charge on any atom is 0.414 e. The van der Waals surface area contributed by atoms with E-state index < -0.39 is 11.9 Å². The summed E-state index contributed by atoms with van der Waals surface area (Å²) in [4.78, 5) is 33.3. The van der Waals surface area contributed by atoms with Crippen LogP contribution in [0, 0.1) is 5.92 Å². The fraction of sp³-hybridized carbons (Fsp3) is 0.346. The number of hydrogen-bond acceptors (Lipinski definition) is 6. The number of furan rings is 1. The number of carboxylic acid groups (broad SMARTS) is 2. The third-order valence-corrected chi connectivity index (χ3v) is 5.44. The Morgan fingerprint density at radius 2 is 1.59 bits per heavy atom. The topological polar surface area (TPSA) is 117 Å². The summed E-state index contributed by atoms with van der Waals surface area (Å²) in [5, 5.41) is 17.2. The fourth-order valence-corrected chi connectivity index (χ4v) is 3.58.